The summed E-state index contributed by atoms with van der Waals surface area (Å²) in [5.74, 6) is -0.634. The summed E-state index contributed by atoms with van der Waals surface area (Å²) in [5, 5.41) is 5.92. The number of nitrogens with zero attached hydrogens (tertiary/aromatic N) is 3. The molecule has 0 radical (unpaired) electrons. The molecule has 3 aliphatic rings. The van der Waals surface area contributed by atoms with E-state index >= 15 is 0 Å². The standard InChI is InChI=1S/C24H33N5O4/c1-25-22(31)21(3-2-14-30)29-23(32)19-5-4-18(15-20(19)24(29)33)28-12-10-27(11-13-28)16-17-6-8-26-9-7-17/h4-5,14-15,17,21,26H,2-3,6-13,16H2,1H3,(H,25,31). The fourth-order valence-corrected chi connectivity index (χ4v) is 5.12. The van der Waals surface area contributed by atoms with Crippen LogP contribution in [0, 0.1) is 5.92 Å². The zero-order chi connectivity index (χ0) is 23.4. The number of hydrogen-bond donors (Lipinski definition) is 2. The van der Waals surface area contributed by atoms with Crippen LogP contribution >= 0.6 is 0 Å². The maximum Gasteiger partial charge on any atom is 0.262 e. The van der Waals surface area contributed by atoms with Gasteiger partial charge < -0.3 is 20.3 Å². The molecule has 0 saturated carbocycles. The molecule has 33 heavy (non-hydrogen) atoms. The summed E-state index contributed by atoms with van der Waals surface area (Å²) in [6.45, 7) is 7.06. The van der Waals surface area contributed by atoms with Gasteiger partial charge in [-0.1, -0.05) is 0 Å². The number of aldehydes is 1. The number of hydrogen-bond acceptors (Lipinski definition) is 7. The summed E-state index contributed by atoms with van der Waals surface area (Å²) in [5.41, 5.74) is 1.56. The number of carbonyl (C=O) groups excluding carboxylic acids is 4. The van der Waals surface area contributed by atoms with Crippen LogP contribution in [0.3, 0.4) is 0 Å². The number of piperazine rings is 1. The molecule has 0 spiro atoms. The first-order valence-corrected chi connectivity index (χ1v) is 11.9. The molecule has 2 fully saturated rings. The number of likely N-dealkylation sites (N-methyl/N-ethyl adjacent to an activating group) is 1. The molecule has 1 unspecified atom stereocenters. The lowest BCUT2D eigenvalue weighted by Crippen LogP contribution is -2.49. The van der Waals surface area contributed by atoms with Crippen LogP contribution < -0.4 is 15.5 Å². The lowest BCUT2D eigenvalue weighted by molar-refractivity contribution is -0.124. The Hall–Kier alpha value is -2.78. The highest BCUT2D eigenvalue weighted by Crippen LogP contribution is 2.30. The summed E-state index contributed by atoms with van der Waals surface area (Å²) < 4.78 is 0. The number of imide groups is 1. The van der Waals surface area contributed by atoms with Crippen molar-refractivity contribution in [1.82, 2.24) is 20.4 Å². The van der Waals surface area contributed by atoms with E-state index < -0.39 is 23.8 Å². The van der Waals surface area contributed by atoms with Crippen LogP contribution in [0.25, 0.3) is 0 Å². The maximum absolute atomic E-state index is 13.1. The van der Waals surface area contributed by atoms with Gasteiger partial charge in [-0.25, -0.2) is 0 Å². The molecule has 2 N–H and O–H groups in total. The van der Waals surface area contributed by atoms with Crippen molar-refractivity contribution in [3.63, 3.8) is 0 Å². The van der Waals surface area contributed by atoms with Crippen molar-refractivity contribution < 1.29 is 19.2 Å². The van der Waals surface area contributed by atoms with Crippen LogP contribution in [-0.4, -0.2) is 92.7 Å². The Morgan fingerprint density at radius 2 is 1.82 bits per heavy atom. The molecule has 0 aromatic heterocycles. The van der Waals surface area contributed by atoms with Crippen LogP contribution in [0.4, 0.5) is 5.69 Å². The largest absolute Gasteiger partial charge is 0.369 e. The van der Waals surface area contributed by atoms with Crippen molar-refractivity contribution >= 4 is 29.7 Å². The SMILES string of the molecule is CNC(=O)C(CCC=O)N1C(=O)c2ccc(N3CCN(CC4CCNCC4)CC3)cc2C1=O. The molecule has 9 nitrogen and oxygen atoms in total. The number of anilines is 1. The first kappa shape index (κ1) is 23.4. The molecule has 3 amide bonds. The minimum absolute atomic E-state index is 0.0956. The highest BCUT2D eigenvalue weighted by molar-refractivity contribution is 6.23. The first-order chi connectivity index (χ1) is 16.0. The van der Waals surface area contributed by atoms with Crippen LogP contribution in [0.1, 0.15) is 46.4 Å². The number of benzene rings is 1. The van der Waals surface area contributed by atoms with E-state index in [1.807, 2.05) is 6.07 Å². The maximum atomic E-state index is 13.1. The van der Waals surface area contributed by atoms with Crippen LogP contribution in [0.15, 0.2) is 18.2 Å². The molecular formula is C24H33N5O4. The highest BCUT2D eigenvalue weighted by Gasteiger charge is 2.42. The molecule has 1 atom stereocenters. The van der Waals surface area contributed by atoms with Crippen molar-refractivity contribution in [2.75, 3.05) is 57.8 Å². The van der Waals surface area contributed by atoms with Gasteiger partial charge in [-0.15, -0.1) is 0 Å². The first-order valence-electron chi connectivity index (χ1n) is 11.9. The Morgan fingerprint density at radius 3 is 2.48 bits per heavy atom. The molecule has 0 aliphatic carbocycles. The number of carbonyl (C=O) groups is 4. The summed E-state index contributed by atoms with van der Waals surface area (Å²) in [6, 6.07) is 4.36. The molecular weight excluding hydrogens is 422 g/mol. The van der Waals surface area contributed by atoms with E-state index in [0.29, 0.717) is 17.4 Å². The van der Waals surface area contributed by atoms with E-state index in [4.69, 9.17) is 0 Å². The number of amides is 3. The van der Waals surface area contributed by atoms with Crippen molar-refractivity contribution in [1.29, 1.82) is 0 Å². The quantitative estimate of drug-likeness (QED) is 0.435. The fourth-order valence-electron chi connectivity index (χ4n) is 5.12. The summed E-state index contributed by atoms with van der Waals surface area (Å²) in [4.78, 5) is 55.1. The number of piperidine rings is 1. The van der Waals surface area contributed by atoms with E-state index in [9.17, 15) is 19.2 Å². The second-order valence-corrected chi connectivity index (χ2v) is 9.07. The second kappa shape index (κ2) is 10.4. The Kier molecular flexibility index (Phi) is 7.39. The zero-order valence-corrected chi connectivity index (χ0v) is 19.2. The molecule has 0 bridgehead atoms. The minimum atomic E-state index is -0.991. The summed E-state index contributed by atoms with van der Waals surface area (Å²) in [6.07, 6.45) is 3.37. The van der Waals surface area contributed by atoms with Gasteiger partial charge in [0, 0.05) is 51.9 Å². The predicted octanol–water partition coefficient (Wildman–Crippen LogP) is 0.498. The second-order valence-electron chi connectivity index (χ2n) is 9.07. The molecule has 3 aliphatic heterocycles. The third-order valence-corrected chi connectivity index (χ3v) is 7.03. The van der Waals surface area contributed by atoms with Gasteiger partial charge in [0.2, 0.25) is 5.91 Å². The number of fused-ring (bicyclic) bond motifs is 1. The number of nitrogens with one attached hydrogen (secondary N) is 2. The topological polar surface area (TPSA) is 102 Å². The number of rotatable bonds is 8. The van der Waals surface area contributed by atoms with Crippen molar-refractivity contribution in [2.45, 2.75) is 31.7 Å². The summed E-state index contributed by atoms with van der Waals surface area (Å²) >= 11 is 0. The van der Waals surface area contributed by atoms with Crippen molar-refractivity contribution in [2.24, 2.45) is 5.92 Å². The van der Waals surface area contributed by atoms with E-state index in [0.717, 1.165) is 62.3 Å². The Bertz CT molecular complexity index is 906. The van der Waals surface area contributed by atoms with Gasteiger partial charge >= 0.3 is 0 Å². The van der Waals surface area contributed by atoms with Crippen LogP contribution in [0.5, 0.6) is 0 Å². The third-order valence-electron chi connectivity index (χ3n) is 7.03. The Balaban J connectivity index is 1.43. The van der Waals surface area contributed by atoms with Gasteiger partial charge in [0.05, 0.1) is 11.1 Å². The molecule has 9 heteroatoms. The molecule has 1 aromatic carbocycles. The van der Waals surface area contributed by atoms with Crippen LogP contribution in [0.2, 0.25) is 0 Å². The molecule has 178 valence electrons. The van der Waals surface area contributed by atoms with Gasteiger partial charge in [-0.05, 0) is 56.5 Å². The average molecular weight is 456 g/mol. The molecule has 3 heterocycles. The monoisotopic (exact) mass is 455 g/mol. The van der Waals surface area contributed by atoms with E-state index in [2.05, 4.69) is 20.4 Å². The van der Waals surface area contributed by atoms with Gasteiger partial charge in [-0.3, -0.25) is 24.2 Å². The van der Waals surface area contributed by atoms with Gasteiger partial charge in [-0.2, -0.15) is 0 Å². The highest BCUT2D eigenvalue weighted by atomic mass is 16.2. The van der Waals surface area contributed by atoms with Gasteiger partial charge in [0.25, 0.3) is 11.8 Å². The molecule has 4 rings (SSSR count). The van der Waals surface area contributed by atoms with E-state index in [1.165, 1.54) is 19.9 Å². The van der Waals surface area contributed by atoms with Gasteiger partial charge in [0.1, 0.15) is 12.3 Å². The Labute approximate surface area is 194 Å². The van der Waals surface area contributed by atoms with Gasteiger partial charge in [0.15, 0.2) is 0 Å². The predicted molar refractivity (Wildman–Crippen MR) is 124 cm³/mol. The van der Waals surface area contributed by atoms with Crippen LogP contribution in [-0.2, 0) is 9.59 Å². The van der Waals surface area contributed by atoms with Crippen molar-refractivity contribution in [3.05, 3.63) is 29.3 Å². The lowest BCUT2D eigenvalue weighted by atomic mass is 9.97. The summed E-state index contributed by atoms with van der Waals surface area (Å²) in [7, 11) is 1.46. The molecule has 1 aromatic rings. The third kappa shape index (κ3) is 4.94. The molecule has 2 saturated heterocycles. The minimum Gasteiger partial charge on any atom is -0.369 e. The lowest BCUT2D eigenvalue weighted by Gasteiger charge is -2.38. The smallest absolute Gasteiger partial charge is 0.262 e. The fraction of sp³-hybridized carbons (Fsp3) is 0.583. The average Bonchev–Trinajstić information content (AvgIpc) is 3.10. The van der Waals surface area contributed by atoms with E-state index in [1.54, 1.807) is 12.1 Å². The normalized spacial score (nSPS) is 20.6. The van der Waals surface area contributed by atoms with Crippen molar-refractivity contribution in [3.8, 4) is 0 Å². The Morgan fingerprint density at radius 1 is 1.12 bits per heavy atom. The van der Waals surface area contributed by atoms with E-state index in [-0.39, 0.29) is 12.8 Å². The zero-order valence-electron chi connectivity index (χ0n) is 19.2.